The minimum Gasteiger partial charge on any atom is -0.355 e. The van der Waals surface area contributed by atoms with Crippen LogP contribution >= 0.6 is 23.4 Å². The number of thioether (sulfide) groups is 1. The standard InChI is InChI=1S/C17H17ClFNOS/c18-14-5-9-16(10-6-14)22-12-17(21)20-11-1-2-13-3-7-15(19)8-4-13/h3-10H,1-2,11-12H2,(H,20,21). The number of benzene rings is 2. The molecular formula is C17H17ClFNOS. The lowest BCUT2D eigenvalue weighted by molar-refractivity contribution is -0.118. The fourth-order valence-electron chi connectivity index (χ4n) is 1.90. The third-order valence-corrected chi connectivity index (χ3v) is 4.33. The molecule has 0 unspecified atom stereocenters. The molecule has 0 radical (unpaired) electrons. The quantitative estimate of drug-likeness (QED) is 0.602. The van der Waals surface area contributed by atoms with Gasteiger partial charge in [-0.05, 0) is 54.8 Å². The molecule has 1 N–H and O–H groups in total. The molecule has 5 heteroatoms. The lowest BCUT2D eigenvalue weighted by Gasteiger charge is -2.06. The molecule has 0 fully saturated rings. The average molecular weight is 338 g/mol. The Morgan fingerprint density at radius 3 is 2.45 bits per heavy atom. The summed E-state index contributed by atoms with van der Waals surface area (Å²) in [4.78, 5) is 12.8. The van der Waals surface area contributed by atoms with E-state index < -0.39 is 0 Å². The molecule has 0 bridgehead atoms. The summed E-state index contributed by atoms with van der Waals surface area (Å²) in [5.41, 5.74) is 1.08. The van der Waals surface area contributed by atoms with E-state index in [2.05, 4.69) is 5.32 Å². The topological polar surface area (TPSA) is 29.1 Å². The molecule has 0 aliphatic carbocycles. The third kappa shape index (κ3) is 6.08. The summed E-state index contributed by atoms with van der Waals surface area (Å²) in [6.07, 6.45) is 1.66. The first-order valence-corrected chi connectivity index (χ1v) is 8.39. The molecule has 0 heterocycles. The molecule has 0 aliphatic rings. The van der Waals surface area contributed by atoms with Crippen LogP contribution in [0.5, 0.6) is 0 Å². The molecule has 0 spiro atoms. The van der Waals surface area contributed by atoms with Gasteiger partial charge in [-0.2, -0.15) is 0 Å². The summed E-state index contributed by atoms with van der Waals surface area (Å²) in [6, 6.07) is 13.9. The lowest BCUT2D eigenvalue weighted by atomic mass is 10.1. The number of hydrogen-bond acceptors (Lipinski definition) is 2. The summed E-state index contributed by atoms with van der Waals surface area (Å²) >= 11 is 7.29. The van der Waals surface area contributed by atoms with E-state index in [9.17, 15) is 9.18 Å². The minimum atomic E-state index is -0.226. The Hall–Kier alpha value is -1.52. The number of halogens is 2. The minimum absolute atomic E-state index is 0.0130. The van der Waals surface area contributed by atoms with Gasteiger partial charge in [-0.25, -0.2) is 4.39 Å². The van der Waals surface area contributed by atoms with E-state index in [0.29, 0.717) is 17.3 Å². The normalized spacial score (nSPS) is 10.5. The molecule has 2 aromatic carbocycles. The van der Waals surface area contributed by atoms with Gasteiger partial charge in [0.25, 0.3) is 0 Å². The van der Waals surface area contributed by atoms with Crippen molar-refractivity contribution in [1.29, 1.82) is 0 Å². The van der Waals surface area contributed by atoms with Gasteiger partial charge < -0.3 is 5.32 Å². The fourth-order valence-corrected chi connectivity index (χ4v) is 2.76. The Labute approximate surface area is 139 Å². The summed E-state index contributed by atoms with van der Waals surface area (Å²) < 4.78 is 12.8. The number of hydrogen-bond donors (Lipinski definition) is 1. The van der Waals surface area contributed by atoms with Crippen molar-refractivity contribution in [2.75, 3.05) is 12.3 Å². The maximum absolute atomic E-state index is 12.8. The molecule has 2 rings (SSSR count). The number of carbonyl (C=O) groups excluding carboxylic acids is 1. The average Bonchev–Trinajstić information content (AvgIpc) is 2.53. The first-order chi connectivity index (χ1) is 10.6. The van der Waals surface area contributed by atoms with Crippen LogP contribution in [-0.2, 0) is 11.2 Å². The smallest absolute Gasteiger partial charge is 0.230 e. The number of amides is 1. The van der Waals surface area contributed by atoms with Gasteiger partial charge in [-0.1, -0.05) is 23.7 Å². The van der Waals surface area contributed by atoms with Crippen LogP contribution in [0, 0.1) is 5.82 Å². The van der Waals surface area contributed by atoms with Crippen LogP contribution in [-0.4, -0.2) is 18.2 Å². The summed E-state index contributed by atoms with van der Waals surface area (Å²) in [5, 5.41) is 3.58. The van der Waals surface area contributed by atoms with Gasteiger partial charge in [0.15, 0.2) is 0 Å². The van der Waals surface area contributed by atoms with Crippen LogP contribution in [0.15, 0.2) is 53.4 Å². The van der Waals surface area contributed by atoms with Crippen molar-refractivity contribution >= 4 is 29.3 Å². The molecule has 0 atom stereocenters. The van der Waals surface area contributed by atoms with Crippen LogP contribution in [0.2, 0.25) is 5.02 Å². The second kappa shape index (κ2) is 8.81. The van der Waals surface area contributed by atoms with Crippen LogP contribution in [0.1, 0.15) is 12.0 Å². The monoisotopic (exact) mass is 337 g/mol. The Morgan fingerprint density at radius 1 is 1.09 bits per heavy atom. The van der Waals surface area contributed by atoms with E-state index in [0.717, 1.165) is 23.3 Å². The highest BCUT2D eigenvalue weighted by atomic mass is 35.5. The second-order valence-corrected chi connectivity index (χ2v) is 6.31. The molecular weight excluding hydrogens is 321 g/mol. The predicted molar refractivity (Wildman–Crippen MR) is 89.9 cm³/mol. The highest BCUT2D eigenvalue weighted by molar-refractivity contribution is 8.00. The third-order valence-electron chi connectivity index (χ3n) is 3.06. The van der Waals surface area contributed by atoms with Crippen molar-refractivity contribution in [3.05, 3.63) is 64.9 Å². The van der Waals surface area contributed by atoms with Crippen molar-refractivity contribution in [3.63, 3.8) is 0 Å². The zero-order chi connectivity index (χ0) is 15.8. The van der Waals surface area contributed by atoms with Gasteiger partial charge >= 0.3 is 0 Å². The molecule has 2 nitrogen and oxygen atoms in total. The van der Waals surface area contributed by atoms with Crippen molar-refractivity contribution in [2.24, 2.45) is 0 Å². The highest BCUT2D eigenvalue weighted by Gasteiger charge is 2.02. The molecule has 1 amide bonds. The Kier molecular flexibility index (Phi) is 6.74. The molecule has 0 saturated carbocycles. The van der Waals surface area contributed by atoms with Crippen LogP contribution in [0.3, 0.4) is 0 Å². The largest absolute Gasteiger partial charge is 0.355 e. The second-order valence-electron chi connectivity index (χ2n) is 4.82. The van der Waals surface area contributed by atoms with Crippen molar-refractivity contribution in [1.82, 2.24) is 5.32 Å². The Bertz CT molecular complexity index is 601. The van der Waals surface area contributed by atoms with Gasteiger partial charge in [0.05, 0.1) is 5.75 Å². The van der Waals surface area contributed by atoms with Gasteiger partial charge in [0, 0.05) is 16.5 Å². The predicted octanol–water partition coefficient (Wildman–Crippen LogP) is 4.32. The SMILES string of the molecule is O=C(CSc1ccc(Cl)cc1)NCCCc1ccc(F)cc1. The molecule has 116 valence electrons. The van der Waals surface area contributed by atoms with Crippen LogP contribution in [0.25, 0.3) is 0 Å². The summed E-state index contributed by atoms with van der Waals surface area (Å²) in [7, 11) is 0. The Balaban J connectivity index is 1.61. The first kappa shape index (κ1) is 16.8. The van der Waals surface area contributed by atoms with Gasteiger partial charge in [-0.3, -0.25) is 4.79 Å². The van der Waals surface area contributed by atoms with E-state index >= 15 is 0 Å². The zero-order valence-corrected chi connectivity index (χ0v) is 13.6. The maximum Gasteiger partial charge on any atom is 0.230 e. The van der Waals surface area contributed by atoms with Crippen molar-refractivity contribution in [2.45, 2.75) is 17.7 Å². The van der Waals surface area contributed by atoms with E-state index in [-0.39, 0.29) is 11.7 Å². The fraction of sp³-hybridized carbons (Fsp3) is 0.235. The highest BCUT2D eigenvalue weighted by Crippen LogP contribution is 2.19. The summed E-state index contributed by atoms with van der Waals surface area (Å²) in [6.45, 7) is 0.622. The van der Waals surface area contributed by atoms with E-state index in [1.165, 1.54) is 23.9 Å². The number of rotatable bonds is 7. The molecule has 22 heavy (non-hydrogen) atoms. The zero-order valence-electron chi connectivity index (χ0n) is 12.0. The van der Waals surface area contributed by atoms with Crippen LogP contribution in [0.4, 0.5) is 4.39 Å². The Morgan fingerprint density at radius 2 is 1.77 bits per heavy atom. The maximum atomic E-state index is 12.8. The summed E-state index contributed by atoms with van der Waals surface area (Å²) in [5.74, 6) is 0.174. The van der Waals surface area contributed by atoms with Crippen molar-refractivity contribution < 1.29 is 9.18 Å². The molecule has 0 saturated heterocycles. The number of aryl methyl sites for hydroxylation is 1. The van der Waals surface area contributed by atoms with Gasteiger partial charge in [-0.15, -0.1) is 11.8 Å². The van der Waals surface area contributed by atoms with Crippen molar-refractivity contribution in [3.8, 4) is 0 Å². The van der Waals surface area contributed by atoms with Gasteiger partial charge in [0.2, 0.25) is 5.91 Å². The van der Waals surface area contributed by atoms with Crippen LogP contribution < -0.4 is 5.32 Å². The van der Waals surface area contributed by atoms with Gasteiger partial charge in [0.1, 0.15) is 5.82 Å². The first-order valence-electron chi connectivity index (χ1n) is 7.03. The van der Waals surface area contributed by atoms with E-state index in [4.69, 9.17) is 11.6 Å². The molecule has 2 aromatic rings. The number of nitrogens with one attached hydrogen (secondary N) is 1. The number of carbonyl (C=O) groups is 1. The lowest BCUT2D eigenvalue weighted by Crippen LogP contribution is -2.26. The molecule has 0 aromatic heterocycles. The van der Waals surface area contributed by atoms with E-state index in [1.807, 2.05) is 24.3 Å². The van der Waals surface area contributed by atoms with E-state index in [1.54, 1.807) is 12.1 Å². The molecule has 0 aliphatic heterocycles.